The molecule has 2 aliphatic heterocycles. The molecule has 5 nitrogen and oxygen atoms in total. The molecule has 2 unspecified atom stereocenters. The lowest BCUT2D eigenvalue weighted by Gasteiger charge is -2.16. The second-order valence-corrected chi connectivity index (χ2v) is 5.46. The summed E-state index contributed by atoms with van der Waals surface area (Å²) < 4.78 is 10.6. The average molecular weight is 276 g/mol. The molecule has 1 amide bonds. The van der Waals surface area contributed by atoms with E-state index in [0.717, 1.165) is 36.6 Å². The number of benzene rings is 1. The Morgan fingerprint density at radius 3 is 3.10 bits per heavy atom. The van der Waals surface area contributed by atoms with E-state index in [1.54, 1.807) is 0 Å². The van der Waals surface area contributed by atoms with Crippen molar-refractivity contribution in [3.05, 3.63) is 23.8 Å². The Hall–Kier alpha value is -1.75. The highest BCUT2D eigenvalue weighted by atomic mass is 16.7. The van der Waals surface area contributed by atoms with Crippen LogP contribution in [0.5, 0.6) is 11.5 Å². The highest BCUT2D eigenvalue weighted by molar-refractivity contribution is 5.76. The van der Waals surface area contributed by atoms with Crippen molar-refractivity contribution in [3.8, 4) is 11.5 Å². The molecule has 2 aliphatic rings. The molecule has 0 spiro atoms. The van der Waals surface area contributed by atoms with Crippen LogP contribution in [-0.4, -0.2) is 25.8 Å². The van der Waals surface area contributed by atoms with Gasteiger partial charge in [-0.15, -0.1) is 0 Å². The lowest BCUT2D eigenvalue weighted by Crippen LogP contribution is -2.28. The fraction of sp³-hybridized carbons (Fsp3) is 0.533. The van der Waals surface area contributed by atoms with Gasteiger partial charge in [0, 0.05) is 6.42 Å². The Morgan fingerprint density at radius 2 is 2.30 bits per heavy atom. The van der Waals surface area contributed by atoms with Crippen LogP contribution in [0.15, 0.2) is 18.2 Å². The molecule has 0 aliphatic carbocycles. The molecule has 108 valence electrons. The van der Waals surface area contributed by atoms with Crippen LogP contribution < -0.4 is 20.1 Å². The number of ether oxygens (including phenoxy) is 2. The molecule has 3 rings (SSSR count). The minimum absolute atomic E-state index is 0.0219. The summed E-state index contributed by atoms with van der Waals surface area (Å²) >= 11 is 0. The zero-order valence-corrected chi connectivity index (χ0v) is 11.6. The molecule has 1 aromatic carbocycles. The minimum Gasteiger partial charge on any atom is -0.454 e. The van der Waals surface area contributed by atoms with Crippen molar-refractivity contribution in [3.63, 3.8) is 0 Å². The van der Waals surface area contributed by atoms with E-state index < -0.39 is 0 Å². The fourth-order valence-corrected chi connectivity index (χ4v) is 2.72. The van der Waals surface area contributed by atoms with Gasteiger partial charge in [-0.1, -0.05) is 6.07 Å². The molecule has 1 saturated heterocycles. The third-order valence-corrected chi connectivity index (χ3v) is 3.91. The van der Waals surface area contributed by atoms with Crippen LogP contribution in [0.2, 0.25) is 0 Å². The van der Waals surface area contributed by atoms with E-state index in [1.807, 2.05) is 25.1 Å². The number of hydrogen-bond donors (Lipinski definition) is 2. The first-order chi connectivity index (χ1) is 9.72. The van der Waals surface area contributed by atoms with Crippen molar-refractivity contribution in [1.29, 1.82) is 0 Å². The largest absolute Gasteiger partial charge is 0.454 e. The van der Waals surface area contributed by atoms with Gasteiger partial charge in [-0.25, -0.2) is 0 Å². The molecule has 1 aromatic rings. The van der Waals surface area contributed by atoms with E-state index in [2.05, 4.69) is 10.6 Å². The van der Waals surface area contributed by atoms with Crippen molar-refractivity contribution < 1.29 is 14.3 Å². The predicted octanol–water partition coefficient (Wildman–Crippen LogP) is 1.59. The van der Waals surface area contributed by atoms with Crippen LogP contribution in [-0.2, 0) is 4.79 Å². The summed E-state index contributed by atoms with van der Waals surface area (Å²) in [6.45, 7) is 4.23. The van der Waals surface area contributed by atoms with Crippen molar-refractivity contribution in [1.82, 2.24) is 10.6 Å². The second-order valence-electron chi connectivity index (χ2n) is 5.46. The summed E-state index contributed by atoms with van der Waals surface area (Å²) in [5.74, 6) is 2.11. The van der Waals surface area contributed by atoms with Crippen LogP contribution in [0.25, 0.3) is 0 Å². The Balaban J connectivity index is 1.58. The number of amides is 1. The SMILES string of the molecule is CC(NC(=O)CC1CCNC1)c1ccc2c(c1)OCO2. The third-order valence-electron chi connectivity index (χ3n) is 3.91. The third kappa shape index (κ3) is 2.88. The molecule has 2 heterocycles. The first-order valence-electron chi connectivity index (χ1n) is 7.12. The second kappa shape index (κ2) is 5.71. The summed E-state index contributed by atoms with van der Waals surface area (Å²) in [5.41, 5.74) is 1.03. The molecular weight excluding hydrogens is 256 g/mol. The van der Waals surface area contributed by atoms with Gasteiger partial charge in [0.2, 0.25) is 12.7 Å². The number of fused-ring (bicyclic) bond motifs is 1. The smallest absolute Gasteiger partial charge is 0.231 e. The van der Waals surface area contributed by atoms with E-state index in [9.17, 15) is 4.79 Å². The number of carbonyl (C=O) groups excluding carboxylic acids is 1. The van der Waals surface area contributed by atoms with Crippen LogP contribution in [0, 0.1) is 5.92 Å². The van der Waals surface area contributed by atoms with Gasteiger partial charge in [0.25, 0.3) is 0 Å². The lowest BCUT2D eigenvalue weighted by atomic mass is 10.0. The maximum absolute atomic E-state index is 12.0. The standard InChI is InChI=1S/C15H20N2O3/c1-10(17-15(18)6-11-4-5-16-8-11)12-2-3-13-14(7-12)20-9-19-13/h2-3,7,10-11,16H,4-6,8-9H2,1H3,(H,17,18). The number of hydrogen-bond acceptors (Lipinski definition) is 4. The molecule has 20 heavy (non-hydrogen) atoms. The quantitative estimate of drug-likeness (QED) is 0.877. The lowest BCUT2D eigenvalue weighted by molar-refractivity contribution is -0.122. The van der Waals surface area contributed by atoms with Gasteiger partial charge in [0.15, 0.2) is 11.5 Å². The fourth-order valence-electron chi connectivity index (χ4n) is 2.72. The van der Waals surface area contributed by atoms with Crippen molar-refractivity contribution in [2.75, 3.05) is 19.9 Å². The Morgan fingerprint density at radius 1 is 1.45 bits per heavy atom. The number of nitrogens with one attached hydrogen (secondary N) is 2. The van der Waals surface area contributed by atoms with Crippen molar-refractivity contribution in [2.45, 2.75) is 25.8 Å². The molecule has 0 radical (unpaired) electrons. The molecule has 2 atom stereocenters. The molecule has 5 heteroatoms. The Labute approximate surface area is 118 Å². The Bertz CT molecular complexity index is 498. The topological polar surface area (TPSA) is 59.6 Å². The predicted molar refractivity (Wildman–Crippen MR) is 74.7 cm³/mol. The summed E-state index contributed by atoms with van der Waals surface area (Å²) in [6.07, 6.45) is 1.69. The van der Waals surface area contributed by atoms with E-state index in [-0.39, 0.29) is 18.7 Å². The van der Waals surface area contributed by atoms with Gasteiger partial charge in [0.05, 0.1) is 6.04 Å². The molecule has 1 fully saturated rings. The maximum atomic E-state index is 12.0. The number of rotatable bonds is 4. The van der Waals surface area contributed by atoms with E-state index in [1.165, 1.54) is 0 Å². The average Bonchev–Trinajstić information content (AvgIpc) is 3.07. The number of carbonyl (C=O) groups is 1. The van der Waals surface area contributed by atoms with E-state index in [4.69, 9.17) is 9.47 Å². The van der Waals surface area contributed by atoms with Gasteiger partial charge < -0.3 is 20.1 Å². The van der Waals surface area contributed by atoms with E-state index in [0.29, 0.717) is 12.3 Å². The maximum Gasteiger partial charge on any atom is 0.231 e. The minimum atomic E-state index is -0.0219. The molecule has 2 N–H and O–H groups in total. The highest BCUT2D eigenvalue weighted by Crippen LogP contribution is 2.34. The summed E-state index contributed by atoms with van der Waals surface area (Å²) in [4.78, 5) is 12.0. The molecule has 0 saturated carbocycles. The molecule has 0 aromatic heterocycles. The van der Waals surface area contributed by atoms with Crippen LogP contribution in [0.4, 0.5) is 0 Å². The normalized spacial score (nSPS) is 21.8. The Kier molecular flexibility index (Phi) is 3.78. The zero-order chi connectivity index (χ0) is 13.9. The summed E-state index contributed by atoms with van der Waals surface area (Å²) in [6, 6.07) is 5.77. The summed E-state index contributed by atoms with van der Waals surface area (Å²) in [7, 11) is 0. The van der Waals surface area contributed by atoms with Gasteiger partial charge in [0.1, 0.15) is 0 Å². The highest BCUT2D eigenvalue weighted by Gasteiger charge is 2.20. The van der Waals surface area contributed by atoms with Crippen LogP contribution >= 0.6 is 0 Å². The van der Waals surface area contributed by atoms with Gasteiger partial charge >= 0.3 is 0 Å². The summed E-state index contributed by atoms with van der Waals surface area (Å²) in [5, 5.41) is 6.33. The molecular formula is C15H20N2O3. The van der Waals surface area contributed by atoms with Gasteiger partial charge in [-0.3, -0.25) is 4.79 Å². The first kappa shape index (κ1) is 13.2. The van der Waals surface area contributed by atoms with Crippen molar-refractivity contribution >= 4 is 5.91 Å². The first-order valence-corrected chi connectivity index (χ1v) is 7.12. The van der Waals surface area contributed by atoms with E-state index >= 15 is 0 Å². The van der Waals surface area contributed by atoms with Crippen LogP contribution in [0.1, 0.15) is 31.4 Å². The van der Waals surface area contributed by atoms with Crippen LogP contribution in [0.3, 0.4) is 0 Å². The molecule has 0 bridgehead atoms. The van der Waals surface area contributed by atoms with Gasteiger partial charge in [-0.05, 0) is 50.0 Å². The zero-order valence-electron chi connectivity index (χ0n) is 11.6. The van der Waals surface area contributed by atoms with Gasteiger partial charge in [-0.2, -0.15) is 0 Å². The van der Waals surface area contributed by atoms with Crippen molar-refractivity contribution in [2.24, 2.45) is 5.92 Å². The monoisotopic (exact) mass is 276 g/mol.